The summed E-state index contributed by atoms with van der Waals surface area (Å²) in [4.78, 5) is 0.922. The van der Waals surface area contributed by atoms with E-state index in [0.29, 0.717) is 6.54 Å². The zero-order valence-electron chi connectivity index (χ0n) is 6.30. The van der Waals surface area contributed by atoms with E-state index in [-0.39, 0.29) is 5.82 Å². The molecule has 0 aromatic heterocycles. The second-order valence-corrected chi connectivity index (χ2v) is 3.08. The molecule has 0 unspecified atom stereocenters. The molecule has 3 heteroatoms. The molecule has 1 aromatic rings. The third-order valence-corrected chi connectivity index (χ3v) is 2.11. The molecule has 0 atom stereocenters. The van der Waals surface area contributed by atoms with E-state index in [0.717, 1.165) is 10.5 Å². The minimum atomic E-state index is -0.211. The molecule has 11 heavy (non-hydrogen) atoms. The Kier molecular flexibility index (Phi) is 2.91. The Hall–Kier alpha value is -0.540. The molecule has 2 N–H and O–H groups in total. The lowest BCUT2D eigenvalue weighted by molar-refractivity contribution is 0.621. The number of rotatable bonds is 2. The highest BCUT2D eigenvalue weighted by molar-refractivity contribution is 7.98. The highest BCUT2D eigenvalue weighted by Gasteiger charge is 1.97. The van der Waals surface area contributed by atoms with E-state index in [4.69, 9.17) is 5.73 Å². The predicted molar refractivity (Wildman–Crippen MR) is 46.1 cm³/mol. The van der Waals surface area contributed by atoms with Gasteiger partial charge in [0, 0.05) is 11.4 Å². The third-order valence-electron chi connectivity index (χ3n) is 1.40. The van der Waals surface area contributed by atoms with Crippen LogP contribution in [0.25, 0.3) is 0 Å². The third kappa shape index (κ3) is 2.20. The molecule has 1 rings (SSSR count). The lowest BCUT2D eigenvalue weighted by Crippen LogP contribution is -1.96. The first-order valence-corrected chi connectivity index (χ1v) is 4.52. The average molecular weight is 171 g/mol. The van der Waals surface area contributed by atoms with Gasteiger partial charge in [0.1, 0.15) is 5.82 Å². The zero-order chi connectivity index (χ0) is 8.27. The van der Waals surface area contributed by atoms with E-state index in [2.05, 4.69) is 0 Å². The van der Waals surface area contributed by atoms with Gasteiger partial charge in [-0.15, -0.1) is 11.8 Å². The maximum atomic E-state index is 12.7. The van der Waals surface area contributed by atoms with Crippen LogP contribution in [0.1, 0.15) is 5.56 Å². The average Bonchev–Trinajstić information content (AvgIpc) is 2.03. The number of hydrogen-bond donors (Lipinski definition) is 1. The molecule has 0 heterocycles. The van der Waals surface area contributed by atoms with Crippen molar-refractivity contribution in [2.45, 2.75) is 11.4 Å². The number of benzene rings is 1. The van der Waals surface area contributed by atoms with Crippen molar-refractivity contribution in [1.29, 1.82) is 0 Å². The van der Waals surface area contributed by atoms with Gasteiger partial charge in [0.15, 0.2) is 0 Å². The van der Waals surface area contributed by atoms with Crippen LogP contribution in [0.3, 0.4) is 0 Å². The van der Waals surface area contributed by atoms with Crippen LogP contribution in [-0.2, 0) is 6.54 Å². The van der Waals surface area contributed by atoms with E-state index in [9.17, 15) is 4.39 Å². The Bertz CT molecular complexity index is 228. The fourth-order valence-corrected chi connectivity index (χ4v) is 1.36. The molecule has 0 aliphatic carbocycles. The minimum Gasteiger partial charge on any atom is -0.326 e. The second kappa shape index (κ2) is 3.74. The van der Waals surface area contributed by atoms with Crippen molar-refractivity contribution in [2.24, 2.45) is 5.73 Å². The van der Waals surface area contributed by atoms with Crippen LogP contribution in [0.5, 0.6) is 0 Å². The number of thioether (sulfide) groups is 1. The molecule has 1 aromatic carbocycles. The zero-order valence-corrected chi connectivity index (χ0v) is 7.12. The van der Waals surface area contributed by atoms with Crippen LogP contribution in [0.4, 0.5) is 4.39 Å². The normalized spacial score (nSPS) is 10.1. The van der Waals surface area contributed by atoms with Gasteiger partial charge in [-0.2, -0.15) is 0 Å². The van der Waals surface area contributed by atoms with Crippen LogP contribution in [0, 0.1) is 5.82 Å². The number of nitrogens with two attached hydrogens (primary N) is 1. The molecule has 0 aliphatic heterocycles. The molecule has 0 saturated heterocycles. The summed E-state index contributed by atoms with van der Waals surface area (Å²) in [6.07, 6.45) is 1.91. The van der Waals surface area contributed by atoms with Gasteiger partial charge in [-0.3, -0.25) is 0 Å². The van der Waals surface area contributed by atoms with Crippen LogP contribution in [0.15, 0.2) is 23.1 Å². The second-order valence-electron chi connectivity index (χ2n) is 2.20. The largest absolute Gasteiger partial charge is 0.326 e. The Morgan fingerprint density at radius 3 is 2.73 bits per heavy atom. The summed E-state index contributed by atoms with van der Waals surface area (Å²) in [5.74, 6) is -0.211. The van der Waals surface area contributed by atoms with Crippen molar-refractivity contribution >= 4 is 11.8 Å². The SMILES string of the molecule is CSc1cc(F)cc(CN)c1. The maximum absolute atomic E-state index is 12.7. The van der Waals surface area contributed by atoms with E-state index >= 15 is 0 Å². The van der Waals surface area contributed by atoms with Crippen LogP contribution in [0.2, 0.25) is 0 Å². The Labute approximate surface area is 69.8 Å². The minimum absolute atomic E-state index is 0.211. The van der Waals surface area contributed by atoms with Gasteiger partial charge in [-0.1, -0.05) is 0 Å². The van der Waals surface area contributed by atoms with Crippen molar-refractivity contribution < 1.29 is 4.39 Å². The highest BCUT2D eigenvalue weighted by atomic mass is 32.2. The lowest BCUT2D eigenvalue weighted by Gasteiger charge is -2.00. The summed E-state index contributed by atoms with van der Waals surface area (Å²) in [6, 6.07) is 4.86. The van der Waals surface area contributed by atoms with Crippen molar-refractivity contribution in [3.63, 3.8) is 0 Å². The van der Waals surface area contributed by atoms with Gasteiger partial charge in [-0.25, -0.2) is 4.39 Å². The number of hydrogen-bond acceptors (Lipinski definition) is 2. The molecule has 0 amide bonds. The first-order chi connectivity index (χ1) is 5.26. The molecule has 0 fully saturated rings. The molecule has 60 valence electrons. The van der Waals surface area contributed by atoms with E-state index in [1.807, 2.05) is 12.3 Å². The smallest absolute Gasteiger partial charge is 0.124 e. The first-order valence-electron chi connectivity index (χ1n) is 3.30. The summed E-state index contributed by atoms with van der Waals surface area (Å²) in [7, 11) is 0. The van der Waals surface area contributed by atoms with Crippen LogP contribution in [-0.4, -0.2) is 6.26 Å². The Balaban J connectivity index is 3.02. The monoisotopic (exact) mass is 171 g/mol. The molecular weight excluding hydrogens is 161 g/mol. The number of halogens is 1. The van der Waals surface area contributed by atoms with E-state index in [1.54, 1.807) is 0 Å². The summed E-state index contributed by atoms with van der Waals surface area (Å²) in [5, 5.41) is 0. The first kappa shape index (κ1) is 8.56. The van der Waals surface area contributed by atoms with Gasteiger partial charge >= 0.3 is 0 Å². The van der Waals surface area contributed by atoms with Gasteiger partial charge in [-0.05, 0) is 30.0 Å². The molecule has 1 nitrogen and oxygen atoms in total. The molecule has 0 spiro atoms. The summed E-state index contributed by atoms with van der Waals surface area (Å²) >= 11 is 1.52. The van der Waals surface area contributed by atoms with Crippen molar-refractivity contribution in [1.82, 2.24) is 0 Å². The van der Waals surface area contributed by atoms with Crippen molar-refractivity contribution in [3.05, 3.63) is 29.6 Å². The van der Waals surface area contributed by atoms with Gasteiger partial charge < -0.3 is 5.73 Å². The Morgan fingerprint density at radius 2 is 2.18 bits per heavy atom. The van der Waals surface area contributed by atoms with Crippen molar-refractivity contribution in [3.8, 4) is 0 Å². The fraction of sp³-hybridized carbons (Fsp3) is 0.250. The van der Waals surface area contributed by atoms with Crippen LogP contribution >= 0.6 is 11.8 Å². The molecule has 0 aliphatic rings. The van der Waals surface area contributed by atoms with E-state index < -0.39 is 0 Å². The summed E-state index contributed by atoms with van der Waals surface area (Å²) < 4.78 is 12.7. The summed E-state index contributed by atoms with van der Waals surface area (Å²) in [5.41, 5.74) is 6.21. The predicted octanol–water partition coefficient (Wildman–Crippen LogP) is 2.01. The van der Waals surface area contributed by atoms with Gasteiger partial charge in [0.2, 0.25) is 0 Å². The van der Waals surface area contributed by atoms with E-state index in [1.165, 1.54) is 23.9 Å². The lowest BCUT2D eigenvalue weighted by atomic mass is 10.2. The fourth-order valence-electron chi connectivity index (χ4n) is 0.856. The Morgan fingerprint density at radius 1 is 1.45 bits per heavy atom. The molecule has 0 saturated carbocycles. The molecule has 0 radical (unpaired) electrons. The van der Waals surface area contributed by atoms with Crippen LogP contribution < -0.4 is 5.73 Å². The van der Waals surface area contributed by atoms with Crippen molar-refractivity contribution in [2.75, 3.05) is 6.26 Å². The summed E-state index contributed by atoms with van der Waals surface area (Å²) in [6.45, 7) is 0.394. The standard InChI is InChI=1S/C8H10FNS/c1-11-8-3-6(5-10)2-7(9)4-8/h2-4H,5,10H2,1H3. The van der Waals surface area contributed by atoms with Gasteiger partial charge in [0.05, 0.1) is 0 Å². The van der Waals surface area contributed by atoms with Gasteiger partial charge in [0.25, 0.3) is 0 Å². The quantitative estimate of drug-likeness (QED) is 0.689. The molecular formula is C8H10FNS. The topological polar surface area (TPSA) is 26.0 Å². The highest BCUT2D eigenvalue weighted by Crippen LogP contribution is 2.17. The molecule has 0 bridgehead atoms. The maximum Gasteiger partial charge on any atom is 0.124 e.